The van der Waals surface area contributed by atoms with Crippen LogP contribution in [0.3, 0.4) is 0 Å². The van der Waals surface area contributed by atoms with Crippen LogP contribution in [0, 0.1) is 0 Å². The van der Waals surface area contributed by atoms with Crippen LogP contribution in [0.2, 0.25) is 0 Å². The van der Waals surface area contributed by atoms with E-state index in [4.69, 9.17) is 0 Å². The predicted octanol–water partition coefficient (Wildman–Crippen LogP) is 0.484. The summed E-state index contributed by atoms with van der Waals surface area (Å²) in [7, 11) is -1.01. The molecule has 2 heterocycles. The molecule has 0 bridgehead atoms. The molecule has 0 aromatic rings. The summed E-state index contributed by atoms with van der Waals surface area (Å²) in [5.74, 6) is 0.432. The van der Waals surface area contributed by atoms with Crippen molar-refractivity contribution in [1.82, 2.24) is 15.1 Å². The number of nitrogens with one attached hydrogen (secondary N) is 1. The summed E-state index contributed by atoms with van der Waals surface area (Å²) in [6.45, 7) is 6.46. The number of likely N-dealkylation sites (tertiary alicyclic amines) is 1. The molecule has 0 aromatic carbocycles. The highest BCUT2D eigenvalue weighted by Gasteiger charge is 2.37. The van der Waals surface area contributed by atoms with Gasteiger partial charge in [0.25, 0.3) is 0 Å². The van der Waals surface area contributed by atoms with Gasteiger partial charge in [-0.15, -0.1) is 0 Å². The van der Waals surface area contributed by atoms with Crippen LogP contribution in [0.1, 0.15) is 39.5 Å². The van der Waals surface area contributed by atoms with Gasteiger partial charge < -0.3 is 10.2 Å². The van der Waals surface area contributed by atoms with Gasteiger partial charge in [-0.25, -0.2) is 8.42 Å². The third-order valence-corrected chi connectivity index (χ3v) is 6.91. The minimum atomic E-state index is -2.97. The Morgan fingerprint density at radius 2 is 2.13 bits per heavy atom. The van der Waals surface area contributed by atoms with Crippen molar-refractivity contribution in [2.24, 2.45) is 0 Å². The lowest BCUT2D eigenvalue weighted by Gasteiger charge is -2.39. The van der Waals surface area contributed by atoms with E-state index in [-0.39, 0.29) is 29.5 Å². The Bertz CT molecular complexity index is 509. The van der Waals surface area contributed by atoms with Crippen LogP contribution in [-0.2, 0) is 14.6 Å². The van der Waals surface area contributed by atoms with Crippen LogP contribution in [0.25, 0.3) is 0 Å². The number of piperidine rings is 1. The molecule has 2 fully saturated rings. The van der Waals surface area contributed by atoms with E-state index in [2.05, 4.69) is 10.2 Å². The minimum Gasteiger partial charge on any atom is -0.337 e. The summed E-state index contributed by atoms with van der Waals surface area (Å²) in [5.41, 5.74) is 0. The molecule has 0 spiro atoms. The maximum atomic E-state index is 13.0. The molecule has 1 amide bonds. The molecule has 2 rings (SSSR count). The fourth-order valence-electron chi connectivity index (χ4n) is 3.72. The molecular formula is C16H31N3O3S. The standard InChI is InChI=1S/C16H31N3O3S/c1-4-8-19(15-7-10-23(21,22)12-15)16(20)13(2)18-9-5-6-14(11-18)17-3/h13-15,17H,4-12H2,1-3H3. The topological polar surface area (TPSA) is 69.7 Å². The lowest BCUT2D eigenvalue weighted by Crippen LogP contribution is -2.55. The van der Waals surface area contributed by atoms with E-state index >= 15 is 0 Å². The minimum absolute atomic E-state index is 0.0886. The number of amides is 1. The van der Waals surface area contributed by atoms with Crippen molar-refractivity contribution in [3.05, 3.63) is 0 Å². The van der Waals surface area contributed by atoms with E-state index in [9.17, 15) is 13.2 Å². The highest BCUT2D eigenvalue weighted by atomic mass is 32.2. The fraction of sp³-hybridized carbons (Fsp3) is 0.938. The van der Waals surface area contributed by atoms with Gasteiger partial charge in [0, 0.05) is 25.2 Å². The molecule has 2 aliphatic heterocycles. The van der Waals surface area contributed by atoms with Gasteiger partial charge in [0.1, 0.15) is 0 Å². The number of carbonyl (C=O) groups is 1. The second-order valence-electron chi connectivity index (χ2n) is 6.89. The van der Waals surface area contributed by atoms with Gasteiger partial charge in [-0.3, -0.25) is 9.69 Å². The maximum Gasteiger partial charge on any atom is 0.239 e. The Kier molecular flexibility index (Phi) is 6.45. The zero-order valence-electron chi connectivity index (χ0n) is 14.6. The van der Waals surface area contributed by atoms with Gasteiger partial charge in [0.15, 0.2) is 9.84 Å². The molecule has 2 aliphatic rings. The average molecular weight is 346 g/mol. The van der Waals surface area contributed by atoms with Gasteiger partial charge in [-0.1, -0.05) is 6.92 Å². The Balaban J connectivity index is 2.04. The monoisotopic (exact) mass is 345 g/mol. The molecule has 7 heteroatoms. The van der Waals surface area contributed by atoms with Gasteiger partial charge in [0.2, 0.25) is 5.91 Å². The van der Waals surface area contributed by atoms with Crippen LogP contribution >= 0.6 is 0 Å². The Morgan fingerprint density at radius 3 is 2.70 bits per heavy atom. The van der Waals surface area contributed by atoms with Crippen molar-refractivity contribution in [2.45, 2.75) is 57.7 Å². The average Bonchev–Trinajstić information content (AvgIpc) is 2.91. The van der Waals surface area contributed by atoms with Crippen LogP contribution in [0.5, 0.6) is 0 Å². The van der Waals surface area contributed by atoms with Gasteiger partial charge in [0.05, 0.1) is 17.5 Å². The fourth-order valence-corrected chi connectivity index (χ4v) is 5.46. The van der Waals surface area contributed by atoms with Gasteiger partial charge in [-0.05, 0) is 46.2 Å². The molecule has 2 saturated heterocycles. The highest BCUT2D eigenvalue weighted by Crippen LogP contribution is 2.21. The van der Waals surface area contributed by atoms with E-state index in [0.29, 0.717) is 19.0 Å². The third kappa shape index (κ3) is 4.67. The van der Waals surface area contributed by atoms with E-state index in [1.54, 1.807) is 0 Å². The van der Waals surface area contributed by atoms with Crippen LogP contribution in [0.15, 0.2) is 0 Å². The Morgan fingerprint density at radius 1 is 1.39 bits per heavy atom. The smallest absolute Gasteiger partial charge is 0.239 e. The number of sulfone groups is 1. The second kappa shape index (κ2) is 7.94. The van der Waals surface area contributed by atoms with E-state index < -0.39 is 9.84 Å². The second-order valence-corrected chi connectivity index (χ2v) is 9.12. The molecule has 0 aliphatic carbocycles. The number of nitrogens with zero attached hydrogens (tertiary/aromatic N) is 2. The molecular weight excluding hydrogens is 314 g/mol. The summed E-state index contributed by atoms with van der Waals surface area (Å²) in [6.07, 6.45) is 3.68. The molecule has 1 N–H and O–H groups in total. The van der Waals surface area contributed by atoms with Crippen molar-refractivity contribution >= 4 is 15.7 Å². The van der Waals surface area contributed by atoms with Gasteiger partial charge >= 0.3 is 0 Å². The number of rotatable bonds is 6. The van der Waals surface area contributed by atoms with E-state index in [1.165, 1.54) is 0 Å². The van der Waals surface area contributed by atoms with Crippen molar-refractivity contribution < 1.29 is 13.2 Å². The van der Waals surface area contributed by atoms with Crippen molar-refractivity contribution in [3.63, 3.8) is 0 Å². The third-order valence-electron chi connectivity index (χ3n) is 5.16. The normalized spacial score (nSPS) is 29.3. The predicted molar refractivity (Wildman–Crippen MR) is 92.2 cm³/mol. The molecule has 3 unspecified atom stereocenters. The number of carbonyl (C=O) groups excluding carboxylic acids is 1. The molecule has 134 valence electrons. The van der Waals surface area contributed by atoms with Gasteiger partial charge in [-0.2, -0.15) is 0 Å². The SMILES string of the molecule is CCCN(C(=O)C(C)N1CCCC(NC)C1)C1CCS(=O)(=O)C1. The summed E-state index contributed by atoms with van der Waals surface area (Å²) in [6, 6.07) is 0.117. The lowest BCUT2D eigenvalue weighted by molar-refractivity contribution is -0.139. The Hall–Kier alpha value is -0.660. The number of hydrogen-bond acceptors (Lipinski definition) is 5. The first kappa shape index (κ1) is 18.7. The van der Waals surface area contributed by atoms with Crippen LogP contribution < -0.4 is 5.32 Å². The summed E-state index contributed by atoms with van der Waals surface area (Å²) < 4.78 is 23.5. The van der Waals surface area contributed by atoms with E-state index in [0.717, 1.165) is 32.4 Å². The first-order chi connectivity index (χ1) is 10.9. The quantitative estimate of drug-likeness (QED) is 0.758. The number of hydrogen-bond donors (Lipinski definition) is 1. The zero-order valence-corrected chi connectivity index (χ0v) is 15.4. The molecule has 3 atom stereocenters. The van der Waals surface area contributed by atoms with Crippen molar-refractivity contribution in [1.29, 1.82) is 0 Å². The summed E-state index contributed by atoms with van der Waals surface area (Å²) in [4.78, 5) is 17.1. The van der Waals surface area contributed by atoms with Crippen LogP contribution in [0.4, 0.5) is 0 Å². The molecule has 6 nitrogen and oxygen atoms in total. The first-order valence-corrected chi connectivity index (χ1v) is 10.6. The number of likely N-dealkylation sites (N-methyl/N-ethyl adjacent to an activating group) is 1. The largest absolute Gasteiger partial charge is 0.337 e. The summed E-state index contributed by atoms with van der Waals surface area (Å²) in [5, 5.41) is 3.30. The summed E-state index contributed by atoms with van der Waals surface area (Å²) >= 11 is 0. The van der Waals surface area contributed by atoms with Crippen molar-refractivity contribution in [2.75, 3.05) is 38.2 Å². The first-order valence-electron chi connectivity index (χ1n) is 8.80. The molecule has 23 heavy (non-hydrogen) atoms. The van der Waals surface area contributed by atoms with Crippen molar-refractivity contribution in [3.8, 4) is 0 Å². The van der Waals surface area contributed by atoms with Crippen LogP contribution in [-0.4, -0.2) is 80.4 Å². The highest BCUT2D eigenvalue weighted by molar-refractivity contribution is 7.91. The molecule has 0 aromatic heterocycles. The van der Waals surface area contributed by atoms with E-state index in [1.807, 2.05) is 25.8 Å². The maximum absolute atomic E-state index is 13.0. The molecule has 0 radical (unpaired) electrons. The lowest BCUT2D eigenvalue weighted by atomic mass is 10.0. The Labute approximate surface area is 140 Å². The molecule has 0 saturated carbocycles. The zero-order chi connectivity index (χ0) is 17.0.